The second-order valence-corrected chi connectivity index (χ2v) is 6.68. The molecule has 1 N–H and O–H groups in total. The van der Waals surface area contributed by atoms with Gasteiger partial charge in [0.2, 0.25) is 5.78 Å². The van der Waals surface area contributed by atoms with Crippen LogP contribution in [0.4, 0.5) is 5.69 Å². The molecule has 138 valence electrons. The van der Waals surface area contributed by atoms with Crippen LogP contribution in [-0.2, 0) is 9.53 Å². The van der Waals surface area contributed by atoms with E-state index in [9.17, 15) is 4.79 Å². The Bertz CT molecular complexity index is 928. The summed E-state index contributed by atoms with van der Waals surface area (Å²) in [7, 11) is 0. The van der Waals surface area contributed by atoms with Crippen molar-refractivity contribution in [3.63, 3.8) is 0 Å². The molecule has 0 saturated carbocycles. The van der Waals surface area contributed by atoms with Gasteiger partial charge >= 0.3 is 0 Å². The average Bonchev–Trinajstić information content (AvgIpc) is 2.70. The van der Waals surface area contributed by atoms with Crippen LogP contribution >= 0.6 is 0 Å². The summed E-state index contributed by atoms with van der Waals surface area (Å²) in [5.41, 5.74) is 3.58. The van der Waals surface area contributed by atoms with Crippen LogP contribution in [-0.4, -0.2) is 35.9 Å². The average molecular weight is 363 g/mol. The third-order valence-electron chi connectivity index (χ3n) is 4.75. The zero-order chi connectivity index (χ0) is 18.8. The first-order valence-corrected chi connectivity index (χ1v) is 9.14. The predicted molar refractivity (Wildman–Crippen MR) is 103 cm³/mol. The Hall–Kier alpha value is -2.92. The molecular formula is C22H21NO4. The van der Waals surface area contributed by atoms with Gasteiger partial charge in [-0.05, 0) is 44.0 Å². The van der Waals surface area contributed by atoms with E-state index in [2.05, 4.69) is 4.99 Å². The third kappa shape index (κ3) is 3.38. The van der Waals surface area contributed by atoms with E-state index in [0.717, 1.165) is 17.5 Å². The van der Waals surface area contributed by atoms with Gasteiger partial charge in [-0.1, -0.05) is 24.3 Å². The second-order valence-electron chi connectivity index (χ2n) is 6.68. The molecule has 1 aliphatic carbocycles. The molecular weight excluding hydrogens is 342 g/mol. The van der Waals surface area contributed by atoms with Crippen molar-refractivity contribution >= 4 is 22.9 Å². The highest BCUT2D eigenvalue weighted by molar-refractivity contribution is 6.54. The van der Waals surface area contributed by atoms with E-state index in [4.69, 9.17) is 14.6 Å². The SMILES string of the molecule is CC1CCC2=C(O1)c1ccccc1C(=Nc1ccc(OCCO)cc1)C2=O. The lowest BCUT2D eigenvalue weighted by molar-refractivity contribution is -0.110. The van der Waals surface area contributed by atoms with Crippen LogP contribution in [0.3, 0.4) is 0 Å². The lowest BCUT2D eigenvalue weighted by atomic mass is 9.84. The van der Waals surface area contributed by atoms with Gasteiger partial charge in [0, 0.05) is 16.7 Å². The number of carbonyl (C=O) groups excluding carboxylic acids is 1. The molecule has 4 rings (SSSR count). The molecule has 0 aromatic heterocycles. The summed E-state index contributed by atoms with van der Waals surface area (Å²) in [5, 5.41) is 8.83. The van der Waals surface area contributed by atoms with Crippen LogP contribution < -0.4 is 4.74 Å². The molecule has 0 spiro atoms. The molecule has 1 unspecified atom stereocenters. The molecule has 2 aliphatic rings. The smallest absolute Gasteiger partial charge is 0.211 e. The summed E-state index contributed by atoms with van der Waals surface area (Å²) < 4.78 is 11.4. The number of aliphatic hydroxyl groups excluding tert-OH is 1. The topological polar surface area (TPSA) is 68.1 Å². The van der Waals surface area contributed by atoms with E-state index in [1.54, 1.807) is 24.3 Å². The molecule has 5 heteroatoms. The summed E-state index contributed by atoms with van der Waals surface area (Å²) in [6.45, 7) is 2.24. The number of aliphatic hydroxyl groups is 1. The zero-order valence-electron chi connectivity index (χ0n) is 15.1. The molecule has 0 bridgehead atoms. The number of Topliss-reactive ketones (excluding diaryl/α,β-unsaturated/α-hetero) is 1. The number of carbonyl (C=O) groups is 1. The van der Waals surface area contributed by atoms with Crippen LogP contribution in [0.1, 0.15) is 30.9 Å². The highest BCUT2D eigenvalue weighted by atomic mass is 16.5. The van der Waals surface area contributed by atoms with Gasteiger partial charge in [0.25, 0.3) is 0 Å². The van der Waals surface area contributed by atoms with Gasteiger partial charge in [0.15, 0.2) is 0 Å². The Morgan fingerprint density at radius 3 is 2.63 bits per heavy atom. The van der Waals surface area contributed by atoms with Gasteiger partial charge in [-0.3, -0.25) is 4.79 Å². The number of fused-ring (bicyclic) bond motifs is 2. The van der Waals surface area contributed by atoms with Gasteiger partial charge in [-0.15, -0.1) is 0 Å². The first-order chi connectivity index (χ1) is 13.2. The van der Waals surface area contributed by atoms with Crippen molar-refractivity contribution in [2.24, 2.45) is 4.99 Å². The third-order valence-corrected chi connectivity index (χ3v) is 4.75. The van der Waals surface area contributed by atoms with Crippen LogP contribution in [0.5, 0.6) is 5.75 Å². The maximum absolute atomic E-state index is 13.1. The monoisotopic (exact) mass is 363 g/mol. The Labute approximate surface area is 158 Å². The summed E-state index contributed by atoms with van der Waals surface area (Å²) in [6, 6.07) is 14.9. The summed E-state index contributed by atoms with van der Waals surface area (Å²) in [6.07, 6.45) is 1.64. The molecule has 0 saturated heterocycles. The first-order valence-electron chi connectivity index (χ1n) is 9.14. The van der Waals surface area contributed by atoms with Crippen LogP contribution in [0.25, 0.3) is 5.76 Å². The van der Waals surface area contributed by atoms with Crippen molar-refractivity contribution in [2.75, 3.05) is 13.2 Å². The van der Waals surface area contributed by atoms with Gasteiger partial charge in [-0.25, -0.2) is 4.99 Å². The highest BCUT2D eigenvalue weighted by Crippen LogP contribution is 2.38. The van der Waals surface area contributed by atoms with Crippen molar-refractivity contribution in [3.05, 3.63) is 65.2 Å². The number of nitrogens with zero attached hydrogens (tertiary/aromatic N) is 1. The number of hydrogen-bond acceptors (Lipinski definition) is 5. The van der Waals surface area contributed by atoms with Gasteiger partial charge in [-0.2, -0.15) is 0 Å². The largest absolute Gasteiger partial charge is 0.491 e. The summed E-state index contributed by atoms with van der Waals surface area (Å²) in [4.78, 5) is 17.8. The van der Waals surface area contributed by atoms with E-state index in [-0.39, 0.29) is 25.1 Å². The highest BCUT2D eigenvalue weighted by Gasteiger charge is 2.35. The molecule has 1 heterocycles. The van der Waals surface area contributed by atoms with Crippen molar-refractivity contribution in [3.8, 4) is 5.75 Å². The van der Waals surface area contributed by atoms with Crippen LogP contribution in [0, 0.1) is 0 Å². The van der Waals surface area contributed by atoms with E-state index < -0.39 is 0 Å². The Morgan fingerprint density at radius 2 is 1.89 bits per heavy atom. The molecule has 0 amide bonds. The lowest BCUT2D eigenvalue weighted by Gasteiger charge is -2.30. The van der Waals surface area contributed by atoms with Crippen LogP contribution in [0.2, 0.25) is 0 Å². The number of benzene rings is 2. The molecule has 1 aliphatic heterocycles. The fraction of sp³-hybridized carbons (Fsp3) is 0.273. The Morgan fingerprint density at radius 1 is 1.15 bits per heavy atom. The maximum atomic E-state index is 13.1. The van der Waals surface area contributed by atoms with E-state index in [1.807, 2.05) is 31.2 Å². The molecule has 0 radical (unpaired) electrons. The first kappa shape index (κ1) is 17.5. The molecule has 0 fully saturated rings. The van der Waals surface area contributed by atoms with Gasteiger partial charge < -0.3 is 14.6 Å². The number of ketones is 1. The number of rotatable bonds is 4. The molecule has 2 aromatic rings. The summed E-state index contributed by atoms with van der Waals surface area (Å²) >= 11 is 0. The predicted octanol–water partition coefficient (Wildman–Crippen LogP) is 3.67. The van der Waals surface area contributed by atoms with Crippen molar-refractivity contribution < 1.29 is 19.4 Å². The van der Waals surface area contributed by atoms with Gasteiger partial charge in [0.1, 0.15) is 23.8 Å². The minimum atomic E-state index is -0.0591. The fourth-order valence-corrected chi connectivity index (χ4v) is 3.41. The summed E-state index contributed by atoms with van der Waals surface area (Å²) in [5.74, 6) is 1.31. The number of allylic oxidation sites excluding steroid dienone is 1. The minimum absolute atomic E-state index is 0.0343. The fourth-order valence-electron chi connectivity index (χ4n) is 3.41. The van der Waals surface area contributed by atoms with E-state index in [0.29, 0.717) is 34.9 Å². The van der Waals surface area contributed by atoms with E-state index in [1.165, 1.54) is 0 Å². The van der Waals surface area contributed by atoms with E-state index >= 15 is 0 Å². The Balaban J connectivity index is 1.73. The Kier molecular flexibility index (Phi) is 4.77. The second kappa shape index (κ2) is 7.37. The van der Waals surface area contributed by atoms with Crippen molar-refractivity contribution in [1.82, 2.24) is 0 Å². The lowest BCUT2D eigenvalue weighted by Crippen LogP contribution is -2.29. The molecule has 1 atom stereocenters. The molecule has 5 nitrogen and oxygen atoms in total. The van der Waals surface area contributed by atoms with Gasteiger partial charge in [0.05, 0.1) is 18.4 Å². The van der Waals surface area contributed by atoms with Crippen molar-refractivity contribution in [2.45, 2.75) is 25.9 Å². The number of aliphatic imine (C=N–C) groups is 1. The molecule has 27 heavy (non-hydrogen) atoms. The normalized spacial score (nSPS) is 20.1. The zero-order valence-corrected chi connectivity index (χ0v) is 15.1. The number of hydrogen-bond donors (Lipinski definition) is 1. The number of ether oxygens (including phenoxy) is 2. The quantitative estimate of drug-likeness (QED) is 0.900. The molecule has 2 aromatic carbocycles. The maximum Gasteiger partial charge on any atom is 0.211 e. The van der Waals surface area contributed by atoms with Crippen molar-refractivity contribution in [1.29, 1.82) is 0 Å². The standard InChI is InChI=1S/C22H21NO4/c1-14-6-11-19-21(25)20(17-4-2-3-5-18(17)22(19)27-14)23-15-7-9-16(10-8-15)26-13-12-24/h2-5,7-10,14,24H,6,11-13H2,1H3. The van der Waals surface area contributed by atoms with Crippen LogP contribution in [0.15, 0.2) is 59.1 Å². The minimum Gasteiger partial charge on any atom is -0.491 e.